The van der Waals surface area contributed by atoms with Gasteiger partial charge in [0.15, 0.2) is 5.96 Å². The second kappa shape index (κ2) is 8.20. The Morgan fingerprint density at radius 1 is 1.09 bits per heavy atom. The molecule has 0 aromatic heterocycles. The Hall–Kier alpha value is -2.33. The van der Waals surface area contributed by atoms with Gasteiger partial charge < -0.3 is 16.2 Å². The summed E-state index contributed by atoms with van der Waals surface area (Å²) in [5, 5.41) is 12.8. The second-order valence-corrected chi connectivity index (χ2v) is 5.41. The van der Waals surface area contributed by atoms with Crippen molar-refractivity contribution in [1.29, 1.82) is 0 Å². The number of hydrogen-bond donors (Lipinski definition) is 3. The first kappa shape index (κ1) is 16.0. The second-order valence-electron chi connectivity index (χ2n) is 5.41. The summed E-state index contributed by atoms with van der Waals surface area (Å²) < 4.78 is 0. The van der Waals surface area contributed by atoms with Crippen LogP contribution in [0.3, 0.4) is 0 Å². The minimum absolute atomic E-state index is 0.150. The number of nitrogens with zero attached hydrogens (tertiary/aromatic N) is 1. The molecule has 0 aliphatic rings. The summed E-state index contributed by atoms with van der Waals surface area (Å²) in [4.78, 5) is 4.42. The largest absolute Gasteiger partial charge is 0.393 e. The summed E-state index contributed by atoms with van der Waals surface area (Å²) in [6.07, 6.45) is 0.287. The normalized spacial score (nSPS) is 14.4. The number of para-hydroxylation sites is 1. The Balaban J connectivity index is 2.02. The first-order chi connectivity index (χ1) is 10.6. The van der Waals surface area contributed by atoms with Gasteiger partial charge in [-0.15, -0.1) is 0 Å². The van der Waals surface area contributed by atoms with Crippen molar-refractivity contribution >= 4 is 11.6 Å². The summed E-state index contributed by atoms with van der Waals surface area (Å²) in [7, 11) is 0. The molecule has 4 N–H and O–H groups in total. The molecular weight excluding hydrogens is 274 g/mol. The molecule has 0 aliphatic heterocycles. The third-order valence-corrected chi connectivity index (χ3v) is 3.42. The van der Waals surface area contributed by atoms with E-state index in [2.05, 4.69) is 22.4 Å². The Morgan fingerprint density at radius 2 is 1.68 bits per heavy atom. The van der Waals surface area contributed by atoms with Crippen LogP contribution >= 0.6 is 0 Å². The third-order valence-electron chi connectivity index (χ3n) is 3.42. The van der Waals surface area contributed by atoms with Crippen LogP contribution in [-0.4, -0.2) is 23.7 Å². The summed E-state index contributed by atoms with van der Waals surface area (Å²) in [5.41, 5.74) is 8.02. The van der Waals surface area contributed by atoms with Crippen molar-refractivity contribution in [3.8, 4) is 0 Å². The Labute approximate surface area is 131 Å². The van der Waals surface area contributed by atoms with Gasteiger partial charge in [0.2, 0.25) is 0 Å². The first-order valence-corrected chi connectivity index (χ1v) is 7.50. The minimum atomic E-state index is -0.372. The zero-order chi connectivity index (χ0) is 15.8. The summed E-state index contributed by atoms with van der Waals surface area (Å²) in [6.45, 7) is 2.34. The van der Waals surface area contributed by atoms with Gasteiger partial charge in [0.05, 0.1) is 6.10 Å². The summed E-state index contributed by atoms with van der Waals surface area (Å²) in [6, 6.07) is 19.8. The molecule has 0 heterocycles. The Morgan fingerprint density at radius 3 is 2.27 bits per heavy atom. The van der Waals surface area contributed by atoms with E-state index < -0.39 is 0 Å². The van der Waals surface area contributed by atoms with E-state index in [9.17, 15) is 5.11 Å². The SMILES string of the molecule is CC(O)CC(CN=C(N)Nc1ccccc1)c1ccccc1. The number of rotatable bonds is 6. The van der Waals surface area contributed by atoms with Crippen LogP contribution in [0.4, 0.5) is 5.69 Å². The molecule has 0 bridgehead atoms. The van der Waals surface area contributed by atoms with Crippen LogP contribution in [0.5, 0.6) is 0 Å². The molecule has 116 valence electrons. The fourth-order valence-corrected chi connectivity index (χ4v) is 2.37. The molecule has 2 aromatic rings. The van der Waals surface area contributed by atoms with Crippen molar-refractivity contribution in [2.24, 2.45) is 10.7 Å². The standard InChI is InChI=1S/C18H23N3O/c1-14(22)12-16(15-8-4-2-5-9-15)13-20-18(19)21-17-10-6-3-7-11-17/h2-11,14,16,22H,12-13H2,1H3,(H3,19,20,21). The van der Waals surface area contributed by atoms with Crippen LogP contribution in [0.15, 0.2) is 65.7 Å². The average Bonchev–Trinajstić information content (AvgIpc) is 2.53. The van der Waals surface area contributed by atoms with E-state index >= 15 is 0 Å². The lowest BCUT2D eigenvalue weighted by Gasteiger charge is -2.17. The monoisotopic (exact) mass is 297 g/mol. The fraction of sp³-hybridized carbons (Fsp3) is 0.278. The molecule has 0 saturated carbocycles. The molecule has 4 heteroatoms. The van der Waals surface area contributed by atoms with Crippen LogP contribution in [0.2, 0.25) is 0 Å². The first-order valence-electron chi connectivity index (χ1n) is 7.50. The van der Waals surface area contributed by atoms with E-state index in [0.717, 1.165) is 5.69 Å². The highest BCUT2D eigenvalue weighted by Gasteiger charge is 2.13. The van der Waals surface area contributed by atoms with Crippen molar-refractivity contribution in [2.75, 3.05) is 11.9 Å². The van der Waals surface area contributed by atoms with Crippen molar-refractivity contribution in [1.82, 2.24) is 0 Å². The van der Waals surface area contributed by atoms with Crippen LogP contribution in [-0.2, 0) is 0 Å². The molecule has 2 rings (SSSR count). The van der Waals surface area contributed by atoms with E-state index in [4.69, 9.17) is 5.73 Å². The molecule has 0 saturated heterocycles. The molecular formula is C18H23N3O. The molecule has 2 aromatic carbocycles. The van der Waals surface area contributed by atoms with Gasteiger partial charge in [-0.3, -0.25) is 4.99 Å². The number of aliphatic hydroxyl groups excluding tert-OH is 1. The van der Waals surface area contributed by atoms with E-state index in [0.29, 0.717) is 18.9 Å². The van der Waals surface area contributed by atoms with Gasteiger partial charge in [-0.05, 0) is 31.0 Å². The van der Waals surface area contributed by atoms with Gasteiger partial charge in [0.1, 0.15) is 0 Å². The van der Waals surface area contributed by atoms with Gasteiger partial charge in [-0.1, -0.05) is 48.5 Å². The minimum Gasteiger partial charge on any atom is -0.393 e. The van der Waals surface area contributed by atoms with Crippen LogP contribution in [0, 0.1) is 0 Å². The maximum atomic E-state index is 9.69. The van der Waals surface area contributed by atoms with Gasteiger partial charge in [0, 0.05) is 18.2 Å². The highest BCUT2D eigenvalue weighted by Crippen LogP contribution is 2.21. The van der Waals surface area contributed by atoms with Gasteiger partial charge in [-0.2, -0.15) is 0 Å². The van der Waals surface area contributed by atoms with Crippen LogP contribution < -0.4 is 11.1 Å². The lowest BCUT2D eigenvalue weighted by atomic mass is 9.93. The highest BCUT2D eigenvalue weighted by molar-refractivity contribution is 5.92. The number of nitrogens with two attached hydrogens (primary N) is 1. The Bertz CT molecular complexity index is 582. The maximum Gasteiger partial charge on any atom is 0.193 e. The molecule has 0 amide bonds. The highest BCUT2D eigenvalue weighted by atomic mass is 16.3. The molecule has 4 nitrogen and oxygen atoms in total. The van der Waals surface area contributed by atoms with Gasteiger partial charge >= 0.3 is 0 Å². The Kier molecular flexibility index (Phi) is 5.98. The molecule has 0 radical (unpaired) electrons. The fourth-order valence-electron chi connectivity index (χ4n) is 2.37. The van der Waals surface area contributed by atoms with Crippen LogP contribution in [0.1, 0.15) is 24.8 Å². The van der Waals surface area contributed by atoms with Crippen molar-refractivity contribution in [2.45, 2.75) is 25.4 Å². The number of hydrogen-bond acceptors (Lipinski definition) is 2. The van der Waals surface area contributed by atoms with Crippen molar-refractivity contribution in [3.63, 3.8) is 0 Å². The molecule has 0 aliphatic carbocycles. The number of aliphatic imine (C=N–C) groups is 1. The number of anilines is 1. The summed E-state index contributed by atoms with van der Waals surface area (Å²) >= 11 is 0. The van der Waals surface area contributed by atoms with E-state index in [-0.39, 0.29) is 12.0 Å². The molecule has 0 fully saturated rings. The van der Waals surface area contributed by atoms with Crippen molar-refractivity contribution < 1.29 is 5.11 Å². The molecule has 0 spiro atoms. The average molecular weight is 297 g/mol. The number of nitrogens with one attached hydrogen (secondary N) is 1. The molecule has 22 heavy (non-hydrogen) atoms. The lowest BCUT2D eigenvalue weighted by molar-refractivity contribution is 0.175. The van der Waals surface area contributed by atoms with Crippen molar-refractivity contribution in [3.05, 3.63) is 66.2 Å². The van der Waals surface area contributed by atoms with E-state index in [1.54, 1.807) is 6.92 Å². The predicted octanol–water partition coefficient (Wildman–Crippen LogP) is 2.97. The summed E-state index contributed by atoms with van der Waals surface area (Å²) in [5.74, 6) is 0.537. The number of benzene rings is 2. The topological polar surface area (TPSA) is 70.6 Å². The van der Waals surface area contributed by atoms with Crippen LogP contribution in [0.25, 0.3) is 0 Å². The van der Waals surface area contributed by atoms with E-state index in [1.807, 2.05) is 48.5 Å². The molecule has 2 unspecified atom stereocenters. The zero-order valence-electron chi connectivity index (χ0n) is 12.8. The number of guanidine groups is 1. The molecule has 2 atom stereocenters. The lowest BCUT2D eigenvalue weighted by Crippen LogP contribution is -2.24. The van der Waals surface area contributed by atoms with E-state index in [1.165, 1.54) is 5.56 Å². The van der Waals surface area contributed by atoms with Gasteiger partial charge in [0.25, 0.3) is 0 Å². The predicted molar refractivity (Wildman–Crippen MR) is 92.0 cm³/mol. The number of aliphatic hydroxyl groups is 1. The van der Waals surface area contributed by atoms with Gasteiger partial charge in [-0.25, -0.2) is 0 Å². The zero-order valence-corrected chi connectivity index (χ0v) is 12.8. The smallest absolute Gasteiger partial charge is 0.193 e. The quantitative estimate of drug-likeness (QED) is 0.567. The maximum absolute atomic E-state index is 9.69. The third kappa shape index (κ3) is 5.22.